The summed E-state index contributed by atoms with van der Waals surface area (Å²) >= 11 is 0. The number of nitrogens with one attached hydrogen (secondary N) is 2. The Morgan fingerprint density at radius 1 is 1.06 bits per heavy atom. The molecule has 33 heavy (non-hydrogen) atoms. The highest BCUT2D eigenvalue weighted by atomic mass is 32.2. The number of piperidine rings is 1. The molecule has 4 amide bonds. The molecule has 1 aromatic rings. The van der Waals surface area contributed by atoms with Crippen molar-refractivity contribution in [1.82, 2.24) is 14.5 Å². The molecule has 3 fully saturated rings. The van der Waals surface area contributed by atoms with E-state index in [-0.39, 0.29) is 41.8 Å². The maximum Gasteiger partial charge on any atom is 0.325 e. The number of sulfonamides is 1. The minimum absolute atomic E-state index is 0.00937. The van der Waals surface area contributed by atoms with Gasteiger partial charge in [-0.05, 0) is 63.8 Å². The van der Waals surface area contributed by atoms with E-state index in [1.165, 1.54) is 12.1 Å². The zero-order chi connectivity index (χ0) is 23.8. The van der Waals surface area contributed by atoms with Crippen molar-refractivity contribution in [3.63, 3.8) is 0 Å². The van der Waals surface area contributed by atoms with Crippen molar-refractivity contribution in [2.75, 3.05) is 11.9 Å². The summed E-state index contributed by atoms with van der Waals surface area (Å²) in [5.41, 5.74) is -0.318. The van der Waals surface area contributed by atoms with Gasteiger partial charge in [-0.2, -0.15) is 4.31 Å². The van der Waals surface area contributed by atoms with Crippen molar-refractivity contribution < 1.29 is 22.8 Å². The van der Waals surface area contributed by atoms with Crippen molar-refractivity contribution in [3.8, 4) is 0 Å². The Kier molecular flexibility index (Phi) is 6.50. The van der Waals surface area contributed by atoms with Gasteiger partial charge in [0, 0.05) is 30.7 Å². The first-order valence-electron chi connectivity index (χ1n) is 11.7. The molecule has 2 heterocycles. The number of hydrogen-bond donors (Lipinski definition) is 2. The van der Waals surface area contributed by atoms with E-state index in [1.54, 1.807) is 16.4 Å². The molecule has 2 aliphatic heterocycles. The van der Waals surface area contributed by atoms with Gasteiger partial charge in [-0.3, -0.25) is 14.5 Å². The van der Waals surface area contributed by atoms with E-state index in [9.17, 15) is 22.8 Å². The lowest BCUT2D eigenvalue weighted by atomic mass is 9.98. The molecule has 0 bridgehead atoms. The predicted molar refractivity (Wildman–Crippen MR) is 123 cm³/mol. The average Bonchev–Trinajstić information content (AvgIpc) is 3.31. The second-order valence-corrected chi connectivity index (χ2v) is 11.3. The summed E-state index contributed by atoms with van der Waals surface area (Å²) in [5, 5.41) is 5.52. The Morgan fingerprint density at radius 2 is 1.67 bits per heavy atom. The monoisotopic (exact) mass is 476 g/mol. The number of rotatable bonds is 6. The highest BCUT2D eigenvalue weighted by Crippen LogP contribution is 2.35. The van der Waals surface area contributed by atoms with E-state index >= 15 is 0 Å². The molecule has 10 heteroatoms. The predicted octanol–water partition coefficient (Wildman–Crippen LogP) is 2.83. The van der Waals surface area contributed by atoms with Crippen molar-refractivity contribution in [3.05, 3.63) is 24.3 Å². The third-order valence-corrected chi connectivity index (χ3v) is 9.23. The molecule has 1 saturated carbocycles. The smallest absolute Gasteiger partial charge is 0.325 e. The highest BCUT2D eigenvalue weighted by molar-refractivity contribution is 7.89. The van der Waals surface area contributed by atoms with Gasteiger partial charge in [-0.25, -0.2) is 13.2 Å². The minimum atomic E-state index is -3.62. The van der Waals surface area contributed by atoms with Crippen LogP contribution in [-0.2, 0) is 19.6 Å². The number of carbonyl (C=O) groups is 3. The molecule has 4 rings (SSSR count). The van der Waals surface area contributed by atoms with E-state index < -0.39 is 21.6 Å². The Labute approximate surface area is 194 Å². The van der Waals surface area contributed by atoms with Crippen molar-refractivity contribution in [2.24, 2.45) is 0 Å². The summed E-state index contributed by atoms with van der Waals surface area (Å²) in [5.74, 6) is -0.592. The third kappa shape index (κ3) is 4.50. The zero-order valence-corrected chi connectivity index (χ0v) is 20.0. The second kappa shape index (κ2) is 9.06. The van der Waals surface area contributed by atoms with Gasteiger partial charge in [-0.15, -0.1) is 0 Å². The van der Waals surface area contributed by atoms with Crippen LogP contribution in [-0.4, -0.2) is 59.6 Å². The van der Waals surface area contributed by atoms with Crippen LogP contribution in [0.4, 0.5) is 10.5 Å². The Bertz CT molecular complexity index is 1020. The van der Waals surface area contributed by atoms with Gasteiger partial charge in [0.15, 0.2) is 0 Å². The SMILES string of the molecule is CC1CCCC(C)N1S(=O)(=O)c1ccc(NC(=O)CCN2C(=O)NC3(CCCC3)C2=O)cc1. The number of carbonyl (C=O) groups excluding carboxylic acids is 3. The standard InChI is InChI=1S/C23H32N4O5S/c1-16-6-5-7-17(2)27(16)33(31,32)19-10-8-18(9-11-19)24-20(28)12-15-26-21(29)23(25-22(26)30)13-3-4-14-23/h8-11,16-17H,3-7,12-15H2,1-2H3,(H,24,28)(H,25,30). The van der Waals surface area contributed by atoms with E-state index in [0.29, 0.717) is 18.5 Å². The maximum absolute atomic E-state index is 13.1. The summed E-state index contributed by atoms with van der Waals surface area (Å²) in [6, 6.07) is 5.58. The molecule has 3 aliphatic rings. The number of hydrogen-bond acceptors (Lipinski definition) is 5. The molecular formula is C23H32N4O5S. The average molecular weight is 477 g/mol. The van der Waals surface area contributed by atoms with Gasteiger partial charge in [0.25, 0.3) is 5.91 Å². The lowest BCUT2D eigenvalue weighted by molar-refractivity contribution is -0.131. The Balaban J connectivity index is 1.35. The topological polar surface area (TPSA) is 116 Å². The van der Waals surface area contributed by atoms with E-state index in [4.69, 9.17) is 0 Å². The summed E-state index contributed by atoms with van der Waals surface area (Å²) in [6.07, 6.45) is 5.77. The van der Waals surface area contributed by atoms with Crippen LogP contribution in [0.5, 0.6) is 0 Å². The van der Waals surface area contributed by atoms with Gasteiger partial charge in [0.1, 0.15) is 5.54 Å². The van der Waals surface area contributed by atoms with Crippen LogP contribution in [0, 0.1) is 0 Å². The molecule has 2 unspecified atom stereocenters. The first-order chi connectivity index (χ1) is 15.6. The largest absolute Gasteiger partial charge is 0.326 e. The fraction of sp³-hybridized carbons (Fsp3) is 0.609. The van der Waals surface area contributed by atoms with Crippen LogP contribution < -0.4 is 10.6 Å². The maximum atomic E-state index is 13.1. The third-order valence-electron chi connectivity index (χ3n) is 7.09. The molecule has 1 aliphatic carbocycles. The van der Waals surface area contributed by atoms with Crippen molar-refractivity contribution in [2.45, 2.75) is 87.7 Å². The van der Waals surface area contributed by atoms with Crippen LogP contribution in [0.25, 0.3) is 0 Å². The summed E-state index contributed by atoms with van der Waals surface area (Å²) in [6.45, 7) is 3.87. The Morgan fingerprint density at radius 3 is 2.27 bits per heavy atom. The fourth-order valence-corrected chi connectivity index (χ4v) is 7.22. The molecule has 9 nitrogen and oxygen atoms in total. The normalized spacial score (nSPS) is 25.5. The van der Waals surface area contributed by atoms with Gasteiger partial charge >= 0.3 is 6.03 Å². The molecule has 1 aromatic carbocycles. The van der Waals surface area contributed by atoms with E-state index in [2.05, 4.69) is 10.6 Å². The molecule has 0 radical (unpaired) electrons. The summed E-state index contributed by atoms with van der Waals surface area (Å²) in [4.78, 5) is 38.6. The number of amides is 4. The van der Waals surface area contributed by atoms with E-state index in [1.807, 2.05) is 13.8 Å². The molecule has 1 spiro atoms. The van der Waals surface area contributed by atoms with Crippen molar-refractivity contribution in [1.29, 1.82) is 0 Å². The molecular weight excluding hydrogens is 444 g/mol. The number of imide groups is 1. The molecule has 2 atom stereocenters. The minimum Gasteiger partial charge on any atom is -0.326 e. The lowest BCUT2D eigenvalue weighted by Gasteiger charge is -2.37. The van der Waals surface area contributed by atoms with Gasteiger partial charge < -0.3 is 10.6 Å². The number of urea groups is 1. The first-order valence-corrected chi connectivity index (χ1v) is 13.2. The number of benzene rings is 1. The molecule has 180 valence electrons. The number of anilines is 1. The van der Waals surface area contributed by atoms with Crippen molar-refractivity contribution >= 4 is 33.6 Å². The highest BCUT2D eigenvalue weighted by Gasteiger charge is 2.52. The summed E-state index contributed by atoms with van der Waals surface area (Å²) in [7, 11) is -3.62. The lowest BCUT2D eigenvalue weighted by Crippen LogP contribution is -2.47. The van der Waals surface area contributed by atoms with Crippen LogP contribution in [0.15, 0.2) is 29.2 Å². The molecule has 2 N–H and O–H groups in total. The summed E-state index contributed by atoms with van der Waals surface area (Å²) < 4.78 is 27.8. The first kappa shape index (κ1) is 23.7. The molecule has 2 saturated heterocycles. The zero-order valence-electron chi connectivity index (χ0n) is 19.2. The molecule has 0 aromatic heterocycles. The van der Waals surface area contributed by atoms with Gasteiger partial charge in [0.2, 0.25) is 15.9 Å². The van der Waals surface area contributed by atoms with Crippen LogP contribution in [0.3, 0.4) is 0 Å². The second-order valence-electron chi connectivity index (χ2n) is 9.46. The van der Waals surface area contributed by atoms with Crippen LogP contribution >= 0.6 is 0 Å². The van der Waals surface area contributed by atoms with Gasteiger partial charge in [-0.1, -0.05) is 19.3 Å². The fourth-order valence-electron chi connectivity index (χ4n) is 5.34. The van der Waals surface area contributed by atoms with Crippen LogP contribution in [0.1, 0.15) is 65.2 Å². The Hall–Kier alpha value is -2.46. The van der Waals surface area contributed by atoms with E-state index in [0.717, 1.165) is 37.0 Å². The number of nitrogens with zero attached hydrogens (tertiary/aromatic N) is 2. The van der Waals surface area contributed by atoms with Crippen LogP contribution in [0.2, 0.25) is 0 Å². The quantitative estimate of drug-likeness (QED) is 0.613. The van der Waals surface area contributed by atoms with Gasteiger partial charge in [0.05, 0.1) is 4.90 Å².